The fourth-order valence-corrected chi connectivity index (χ4v) is 3.32. The fraction of sp³-hybridized carbons (Fsp3) is 0.200. The van der Waals surface area contributed by atoms with Gasteiger partial charge in [0.1, 0.15) is 17.8 Å². The van der Waals surface area contributed by atoms with E-state index in [1.807, 2.05) is 12.1 Å². The number of hydrogen-bond donors (Lipinski definition) is 1. The van der Waals surface area contributed by atoms with Crippen molar-refractivity contribution in [1.82, 2.24) is 0 Å². The number of benzene rings is 2. The van der Waals surface area contributed by atoms with Crippen molar-refractivity contribution in [2.24, 2.45) is 0 Å². The predicted octanol–water partition coefficient (Wildman–Crippen LogP) is 6.89. The second-order valence-corrected chi connectivity index (χ2v) is 9.11. The van der Waals surface area contributed by atoms with Crippen LogP contribution in [0.3, 0.4) is 0 Å². The Bertz CT molecular complexity index is 674. The molecule has 1 unspecified atom stereocenters. The Kier molecular flexibility index (Phi) is 5.58. The van der Waals surface area contributed by atoms with Crippen molar-refractivity contribution in [2.75, 3.05) is 6.26 Å². The quantitative estimate of drug-likeness (QED) is 0.344. The van der Waals surface area contributed by atoms with Crippen molar-refractivity contribution in [1.29, 1.82) is 0 Å². The molecule has 0 fully saturated rings. The third-order valence-electron chi connectivity index (χ3n) is 2.87. The third kappa shape index (κ3) is 10.4. The molecule has 0 radical (unpaired) electrons. The van der Waals surface area contributed by atoms with Gasteiger partial charge >= 0.3 is 33.0 Å². The number of rotatable bonds is 3. The summed E-state index contributed by atoms with van der Waals surface area (Å²) in [6, 6.07) is 16.1. The molecule has 2 aromatic carbocycles. The number of aryl methyl sites for hydroxylation is 1. The second kappa shape index (κ2) is 6.48. The molecule has 0 aliphatic carbocycles. The van der Waals surface area contributed by atoms with Crippen molar-refractivity contribution in [2.45, 2.75) is 17.6 Å². The number of hydrogen-bond acceptors (Lipinski definition) is 1. The van der Waals surface area contributed by atoms with Gasteiger partial charge in [-0.25, -0.2) is 0 Å². The van der Waals surface area contributed by atoms with Crippen LogP contribution in [-0.2, 0) is 16.6 Å². The minimum atomic E-state index is -10.7. The molecule has 0 saturated heterocycles. The van der Waals surface area contributed by atoms with Gasteiger partial charge in [0, 0.05) is 16.5 Å². The van der Waals surface area contributed by atoms with E-state index < -0.39 is 7.81 Å². The Hall–Kier alpha value is -1.40. The van der Waals surface area contributed by atoms with Crippen LogP contribution in [0.15, 0.2) is 53.4 Å². The van der Waals surface area contributed by atoms with Gasteiger partial charge in [0.25, 0.3) is 0 Å². The van der Waals surface area contributed by atoms with Crippen molar-refractivity contribution in [3.05, 3.63) is 59.7 Å². The van der Waals surface area contributed by atoms with Crippen LogP contribution in [0.1, 0.15) is 11.1 Å². The molecule has 0 spiro atoms. The number of phenols is 1. The van der Waals surface area contributed by atoms with Crippen molar-refractivity contribution in [3.8, 4) is 5.75 Å². The molecule has 0 saturated carbocycles. The normalized spacial score (nSPS) is 15.5. The zero-order valence-corrected chi connectivity index (χ0v) is 14.6. The Balaban J connectivity index is 0.000000351. The van der Waals surface area contributed by atoms with E-state index in [4.69, 9.17) is 0 Å². The average Bonchev–Trinajstić information content (AvgIpc) is 2.38. The molecule has 9 heteroatoms. The molecule has 0 aliphatic heterocycles. The molecule has 1 N–H and O–H groups in total. The number of phenolic OH excluding ortho intramolecular Hbond substituents is 1. The topological polar surface area (TPSA) is 20.2 Å². The maximum atomic E-state index is 9.87. The van der Waals surface area contributed by atoms with Gasteiger partial charge in [0.05, 0.1) is 0 Å². The molecule has 0 heterocycles. The Morgan fingerprint density at radius 1 is 0.875 bits per heavy atom. The number of halogens is 6. The first-order chi connectivity index (χ1) is 10.6. The Labute approximate surface area is 138 Å². The first-order valence-corrected chi connectivity index (χ1v) is 10.5. The average molecular weight is 390 g/mol. The first kappa shape index (κ1) is 20.6. The molecule has 2 aromatic rings. The predicted molar refractivity (Wildman–Crippen MR) is 88.1 cm³/mol. The summed E-state index contributed by atoms with van der Waals surface area (Å²) in [6.45, 7) is 2.16. The summed E-state index contributed by atoms with van der Waals surface area (Å²) in [4.78, 5) is 1.30. The van der Waals surface area contributed by atoms with Crippen LogP contribution in [0.4, 0.5) is 25.2 Å². The van der Waals surface area contributed by atoms with Gasteiger partial charge in [-0.15, -0.1) is 0 Å². The summed E-state index contributed by atoms with van der Waals surface area (Å²) in [7, 11) is -10.5. The summed E-state index contributed by atoms with van der Waals surface area (Å²) >= 11 is 0. The van der Waals surface area contributed by atoms with Crippen molar-refractivity contribution in [3.63, 3.8) is 0 Å². The minimum absolute atomic E-state index is 0.186. The van der Waals surface area contributed by atoms with Gasteiger partial charge in [-0.3, -0.25) is 0 Å². The van der Waals surface area contributed by atoms with E-state index in [1.165, 1.54) is 16.0 Å². The van der Waals surface area contributed by atoms with Crippen LogP contribution in [0, 0.1) is 6.92 Å². The monoisotopic (exact) mass is 390 g/mol. The van der Waals surface area contributed by atoms with E-state index in [0.717, 1.165) is 5.75 Å². The fourth-order valence-electron chi connectivity index (χ4n) is 1.77. The molecular weight excluding hydrogens is 373 g/mol. The summed E-state index contributed by atoms with van der Waals surface area (Å²) in [6.07, 6.45) is 2.25. The van der Waals surface area contributed by atoms with Gasteiger partial charge in [0.2, 0.25) is 0 Å². The standard InChI is InChI=1S/C15H16OS.F6P/c1-12-5-3-4-6-13(12)11-17(2)15-9-7-14(16)8-10-15;1-7(2,3,4,5)6/h3-10H,11H2,1-2H3;/q;-1/p+1. The summed E-state index contributed by atoms with van der Waals surface area (Å²) < 4.78 is 59.2. The Morgan fingerprint density at radius 2 is 1.33 bits per heavy atom. The van der Waals surface area contributed by atoms with E-state index >= 15 is 0 Å². The maximum absolute atomic E-state index is 10.7. The van der Waals surface area contributed by atoms with Gasteiger partial charge in [-0.2, -0.15) is 0 Å². The molecule has 136 valence electrons. The molecule has 0 bridgehead atoms. The molecular formula is C15H17F6OPS. The Morgan fingerprint density at radius 3 is 1.79 bits per heavy atom. The molecule has 0 aromatic heterocycles. The molecule has 1 atom stereocenters. The van der Waals surface area contributed by atoms with Crippen LogP contribution < -0.4 is 0 Å². The molecule has 0 aliphatic rings. The van der Waals surface area contributed by atoms with Crippen molar-refractivity contribution < 1.29 is 30.3 Å². The number of aromatic hydroxyl groups is 1. The third-order valence-corrected chi connectivity index (χ3v) is 4.69. The van der Waals surface area contributed by atoms with Crippen molar-refractivity contribution >= 4 is 18.7 Å². The molecule has 2 rings (SSSR count). The van der Waals surface area contributed by atoms with Gasteiger partial charge < -0.3 is 5.11 Å². The molecule has 0 amide bonds. The van der Waals surface area contributed by atoms with E-state index in [9.17, 15) is 30.3 Å². The van der Waals surface area contributed by atoms with Crippen LogP contribution in [-0.4, -0.2) is 11.4 Å². The van der Waals surface area contributed by atoms with Crippen LogP contribution in [0.25, 0.3) is 0 Å². The van der Waals surface area contributed by atoms with Crippen LogP contribution in [0.2, 0.25) is 0 Å². The van der Waals surface area contributed by atoms with Gasteiger partial charge in [-0.05, 0) is 36.8 Å². The summed E-state index contributed by atoms with van der Waals surface area (Å²) in [5.41, 5.74) is 2.76. The van der Waals surface area contributed by atoms with Gasteiger partial charge in [0.15, 0.2) is 4.90 Å². The SMILES string of the molecule is Cc1ccccc1C[S+](C)c1ccc(O)cc1.F[P-](F)(F)(F)(F)F. The van der Waals surface area contributed by atoms with E-state index in [1.54, 1.807) is 12.1 Å². The second-order valence-electron chi connectivity index (χ2n) is 5.16. The molecule has 24 heavy (non-hydrogen) atoms. The summed E-state index contributed by atoms with van der Waals surface area (Å²) in [5, 5.41) is 9.28. The molecule has 1 nitrogen and oxygen atoms in total. The first-order valence-electron chi connectivity index (χ1n) is 6.64. The zero-order chi connectivity index (χ0) is 18.7. The van der Waals surface area contributed by atoms with Gasteiger partial charge in [-0.1, -0.05) is 24.3 Å². The summed E-state index contributed by atoms with van der Waals surface area (Å²) in [5.74, 6) is 1.40. The van der Waals surface area contributed by atoms with Crippen LogP contribution in [0.5, 0.6) is 5.75 Å². The zero-order valence-electron chi connectivity index (χ0n) is 12.9. The van der Waals surface area contributed by atoms with E-state index in [-0.39, 0.29) is 10.9 Å². The van der Waals surface area contributed by atoms with E-state index in [0.29, 0.717) is 5.75 Å². The van der Waals surface area contributed by atoms with E-state index in [2.05, 4.69) is 37.4 Å². The van der Waals surface area contributed by atoms with Crippen LogP contribution >= 0.6 is 7.81 Å².